The molecule has 0 aromatic heterocycles. The van der Waals surface area contributed by atoms with Crippen molar-refractivity contribution in [2.45, 2.75) is 6.92 Å². The van der Waals surface area contributed by atoms with E-state index in [4.69, 9.17) is 0 Å². The molecule has 3 rings (SSSR count). The van der Waals surface area contributed by atoms with Gasteiger partial charge in [0, 0.05) is 12.5 Å². The third-order valence-corrected chi connectivity index (χ3v) is 6.00. The Bertz CT molecular complexity index is 1070. The number of amides is 2. The topological polar surface area (TPSA) is 80.3 Å². The number of carbonyl (C=O) groups excluding carboxylic acids is 2. The summed E-state index contributed by atoms with van der Waals surface area (Å²) in [5, 5.41) is 2.18. The van der Waals surface area contributed by atoms with Crippen LogP contribution in [0.1, 0.15) is 17.3 Å². The minimum Gasteiger partial charge on any atom is -0.293 e. The predicted octanol–water partition coefficient (Wildman–Crippen LogP) is 4.66. The molecule has 0 unspecified atom stereocenters. The van der Waals surface area contributed by atoms with Gasteiger partial charge in [0.05, 0.1) is 9.13 Å². The number of hydrogen-bond acceptors (Lipinski definition) is 4. The molecule has 6 heteroatoms. The van der Waals surface area contributed by atoms with E-state index in [0.29, 0.717) is 16.7 Å². The molecule has 0 saturated heterocycles. The number of rotatable bonds is 4. The molecular weight excluding hydrogens is 457 g/mol. The fourth-order valence-corrected chi connectivity index (χ4v) is 4.62. The van der Waals surface area contributed by atoms with Gasteiger partial charge in [-0.3, -0.25) is 14.9 Å². The number of carbonyl (C=O) groups is 2. The van der Waals surface area contributed by atoms with Crippen molar-refractivity contribution in [3.63, 3.8) is 0 Å². The fourth-order valence-electron chi connectivity index (χ4n) is 2.81. The first-order chi connectivity index (χ1) is 13.0. The van der Waals surface area contributed by atoms with E-state index in [1.54, 1.807) is 30.3 Å². The molecule has 136 valence electrons. The summed E-state index contributed by atoms with van der Waals surface area (Å²) < 4.78 is 24.2. The number of halogens is 1. The monoisotopic (exact) mass is 473 g/mol. The summed E-state index contributed by atoms with van der Waals surface area (Å²) in [7, 11) is 0. The van der Waals surface area contributed by atoms with E-state index >= 15 is 0 Å². The van der Waals surface area contributed by atoms with E-state index < -0.39 is 31.6 Å². The van der Waals surface area contributed by atoms with Gasteiger partial charge in [-0.15, -0.1) is 0 Å². The zero-order valence-corrected chi connectivity index (χ0v) is 16.6. The second-order valence-electron chi connectivity index (χ2n) is 5.85. The van der Waals surface area contributed by atoms with Gasteiger partial charge in [0.15, 0.2) is 0 Å². The van der Waals surface area contributed by atoms with Crippen molar-refractivity contribution in [1.29, 1.82) is 0 Å². The molecule has 0 spiro atoms. The first-order valence-electron chi connectivity index (χ1n) is 8.13. The average Bonchev–Trinajstić information content (AvgIpc) is 2.67. The lowest BCUT2D eigenvalue weighted by molar-refractivity contribution is -0.118. The Balaban J connectivity index is 2.33. The Labute approximate surface area is 163 Å². The second kappa shape index (κ2) is 8.22. The van der Waals surface area contributed by atoms with E-state index in [9.17, 15) is 15.7 Å². The largest absolute Gasteiger partial charge is 0.342 e. The van der Waals surface area contributed by atoms with Crippen molar-refractivity contribution in [2.75, 3.05) is 0 Å². The Morgan fingerprint density at radius 1 is 0.778 bits per heavy atom. The van der Waals surface area contributed by atoms with E-state index in [1.807, 2.05) is 36.4 Å². The van der Waals surface area contributed by atoms with Gasteiger partial charge in [-0.25, -0.2) is 6.14 Å². The van der Waals surface area contributed by atoms with Crippen molar-refractivity contribution >= 4 is 31.6 Å². The Morgan fingerprint density at radius 3 is 1.85 bits per heavy atom. The summed E-state index contributed by atoms with van der Waals surface area (Å²) in [4.78, 5) is 23.9. The highest BCUT2D eigenvalue weighted by Gasteiger charge is 2.22. The van der Waals surface area contributed by atoms with Crippen LogP contribution in [-0.2, 0) is 10.9 Å². The lowest BCUT2D eigenvalue weighted by Gasteiger charge is -2.13. The second-order valence-corrected chi connectivity index (χ2v) is 8.16. The minimum atomic E-state index is -4.06. The zero-order chi connectivity index (χ0) is 19.4. The van der Waals surface area contributed by atoms with Crippen LogP contribution in [0, 0.1) is 3.57 Å². The van der Waals surface area contributed by atoms with Gasteiger partial charge >= 0.3 is 19.8 Å². The Kier molecular flexibility index (Phi) is 5.75. The fraction of sp³-hybridized carbons (Fsp3) is 0.0476. The smallest absolute Gasteiger partial charge is 0.293 e. The lowest BCUT2D eigenvalue weighted by atomic mass is 9.96. The van der Waals surface area contributed by atoms with Crippen LogP contribution in [0.15, 0.2) is 72.8 Å². The summed E-state index contributed by atoms with van der Waals surface area (Å²) in [6, 6.07) is 21.7. The molecule has 3 aromatic rings. The van der Waals surface area contributed by atoms with Crippen molar-refractivity contribution in [2.24, 2.45) is 0 Å². The normalized spacial score (nSPS) is 10.6. The summed E-state index contributed by atoms with van der Waals surface area (Å²) >= 11 is -4.06. The molecule has 3 aromatic carbocycles. The van der Waals surface area contributed by atoms with E-state index in [-0.39, 0.29) is 9.13 Å². The third kappa shape index (κ3) is 4.28. The number of imide groups is 1. The van der Waals surface area contributed by atoms with Gasteiger partial charge in [-0.05, 0) is 28.8 Å². The molecule has 1 N–H and O–H groups in total. The molecule has 0 heterocycles. The summed E-state index contributed by atoms with van der Waals surface area (Å²) in [6.45, 7) is 1.21. The molecule has 0 fully saturated rings. The van der Waals surface area contributed by atoms with Crippen LogP contribution in [0.3, 0.4) is 0 Å². The van der Waals surface area contributed by atoms with Crippen LogP contribution in [0.2, 0.25) is 0 Å². The number of benzene rings is 3. The lowest BCUT2D eigenvalue weighted by Crippen LogP contribution is -2.28. The van der Waals surface area contributed by atoms with Crippen LogP contribution in [-0.4, -0.2) is 11.8 Å². The van der Waals surface area contributed by atoms with Gasteiger partial charge in [0.25, 0.3) is 5.91 Å². The van der Waals surface area contributed by atoms with Crippen molar-refractivity contribution in [3.8, 4) is 22.3 Å². The quantitative estimate of drug-likeness (QED) is 0.559. The van der Waals surface area contributed by atoms with E-state index in [1.165, 1.54) is 13.0 Å². The molecule has 27 heavy (non-hydrogen) atoms. The first kappa shape index (κ1) is 18.9. The standard InChI is InChI=1S/C21H16INO4/c1-14(24)23-21(25)19-13-17(15-8-4-2-5-9-15)12-18(20(19)22(26)27)16-10-6-3-7-11-16/h2-13H,1H3,(H,23,24,25). The Hall–Kier alpha value is -2.87. The Morgan fingerprint density at radius 2 is 1.33 bits per heavy atom. The van der Waals surface area contributed by atoms with Gasteiger partial charge in [-0.2, -0.15) is 0 Å². The maximum atomic E-state index is 12.6. The molecule has 0 aliphatic rings. The molecule has 5 nitrogen and oxygen atoms in total. The number of hydrogen-bond donors (Lipinski definition) is 1. The highest BCUT2D eigenvalue weighted by atomic mass is 127. The van der Waals surface area contributed by atoms with Crippen LogP contribution in [0.4, 0.5) is 0 Å². The van der Waals surface area contributed by atoms with Crippen LogP contribution >= 0.6 is 19.8 Å². The summed E-state index contributed by atoms with van der Waals surface area (Å²) in [5.74, 6) is -1.27. The maximum absolute atomic E-state index is 12.6. The SMILES string of the molecule is CC(=O)NC(=O)c1cc(-c2ccccc2)cc(-c2ccccc2)c1I(=O)=O. The van der Waals surface area contributed by atoms with Gasteiger partial charge in [0.1, 0.15) is 0 Å². The average molecular weight is 473 g/mol. The van der Waals surface area contributed by atoms with Crippen molar-refractivity contribution in [3.05, 3.63) is 81.9 Å². The maximum Gasteiger partial charge on any atom is 0.342 e. The molecule has 2 amide bonds. The molecule has 0 aliphatic heterocycles. The zero-order valence-electron chi connectivity index (χ0n) is 14.4. The van der Waals surface area contributed by atoms with E-state index in [2.05, 4.69) is 5.32 Å². The predicted molar refractivity (Wildman–Crippen MR) is 110 cm³/mol. The van der Waals surface area contributed by atoms with Crippen molar-refractivity contribution < 1.29 is 15.7 Å². The summed E-state index contributed by atoms with van der Waals surface area (Å²) in [6.07, 6.45) is 0. The van der Waals surface area contributed by atoms with E-state index in [0.717, 1.165) is 5.56 Å². The summed E-state index contributed by atoms with van der Waals surface area (Å²) in [5.41, 5.74) is 2.68. The van der Waals surface area contributed by atoms with Gasteiger partial charge < -0.3 is 0 Å². The molecule has 0 radical (unpaired) electrons. The van der Waals surface area contributed by atoms with Gasteiger partial charge in [0.2, 0.25) is 5.91 Å². The first-order valence-corrected chi connectivity index (χ1v) is 11.0. The van der Waals surface area contributed by atoms with Crippen LogP contribution in [0.25, 0.3) is 22.3 Å². The minimum absolute atomic E-state index is 0.0103. The molecule has 0 saturated carbocycles. The molecular formula is C21H16INO4. The van der Waals surface area contributed by atoms with Gasteiger partial charge in [-0.1, -0.05) is 60.7 Å². The van der Waals surface area contributed by atoms with Crippen molar-refractivity contribution in [1.82, 2.24) is 5.32 Å². The van der Waals surface area contributed by atoms with Crippen LogP contribution < -0.4 is 5.32 Å². The molecule has 0 bridgehead atoms. The third-order valence-electron chi connectivity index (χ3n) is 3.95. The highest BCUT2D eigenvalue weighted by molar-refractivity contribution is 14.2. The van der Waals surface area contributed by atoms with Crippen LogP contribution in [0.5, 0.6) is 0 Å². The molecule has 0 atom stereocenters. The molecule has 0 aliphatic carbocycles. The highest BCUT2D eigenvalue weighted by Crippen LogP contribution is 2.37. The number of nitrogens with one attached hydrogen (secondary N) is 1.